The Morgan fingerprint density at radius 3 is 2.62 bits per heavy atom. The second kappa shape index (κ2) is 6.34. The van der Waals surface area contributed by atoms with Crippen LogP contribution in [-0.2, 0) is 16.0 Å². The third kappa shape index (κ3) is 3.04. The van der Waals surface area contributed by atoms with Gasteiger partial charge >= 0.3 is 0 Å². The van der Waals surface area contributed by atoms with Crippen LogP contribution in [0.25, 0.3) is 6.08 Å². The molecule has 26 heavy (non-hydrogen) atoms. The molecule has 5 nitrogen and oxygen atoms in total. The highest BCUT2D eigenvalue weighted by molar-refractivity contribution is 6.36. The van der Waals surface area contributed by atoms with Crippen molar-refractivity contribution in [2.75, 3.05) is 5.01 Å². The maximum Gasteiger partial charge on any atom is 0.282 e. The summed E-state index contributed by atoms with van der Waals surface area (Å²) in [6.07, 6.45) is 2.51. The topological polar surface area (TPSA) is 58.6 Å². The van der Waals surface area contributed by atoms with E-state index in [1.165, 1.54) is 0 Å². The van der Waals surface area contributed by atoms with Crippen LogP contribution in [0.3, 0.4) is 0 Å². The zero-order chi connectivity index (χ0) is 18.4. The van der Waals surface area contributed by atoms with Gasteiger partial charge in [0.15, 0.2) is 0 Å². The number of rotatable bonds is 2. The van der Waals surface area contributed by atoms with Gasteiger partial charge in [0.1, 0.15) is 17.4 Å². The molecule has 2 amide bonds. The van der Waals surface area contributed by atoms with Crippen molar-refractivity contribution in [1.82, 2.24) is 5.43 Å². The van der Waals surface area contributed by atoms with Crippen LogP contribution in [0.4, 0.5) is 5.69 Å². The Morgan fingerprint density at radius 1 is 1.15 bits per heavy atom. The molecule has 1 atom stereocenters. The summed E-state index contributed by atoms with van der Waals surface area (Å²) in [4.78, 5) is 25.0. The lowest BCUT2D eigenvalue weighted by atomic mass is 10.0. The monoisotopic (exact) mass is 388 g/mol. The second-order valence-corrected chi connectivity index (χ2v) is 7.14. The molecule has 132 valence electrons. The number of carbonyl (C=O) groups is 2. The third-order valence-electron chi connectivity index (χ3n) is 4.23. The van der Waals surface area contributed by atoms with Crippen molar-refractivity contribution in [3.05, 3.63) is 63.1 Å². The second-order valence-electron chi connectivity index (χ2n) is 6.27. The maximum absolute atomic E-state index is 12.7. The summed E-state index contributed by atoms with van der Waals surface area (Å²) in [5.41, 5.74) is 4.83. The summed E-state index contributed by atoms with van der Waals surface area (Å²) in [6, 6.07) is 10.3. The number of anilines is 1. The van der Waals surface area contributed by atoms with E-state index in [0.29, 0.717) is 15.7 Å². The van der Waals surface area contributed by atoms with Crippen LogP contribution in [-0.4, -0.2) is 17.9 Å². The molecule has 2 heterocycles. The Bertz CT molecular complexity index is 951. The molecule has 2 aliphatic heterocycles. The van der Waals surface area contributed by atoms with Gasteiger partial charge in [-0.3, -0.25) is 15.0 Å². The molecular formula is C19H14Cl2N2O3. The minimum Gasteiger partial charge on any atom is -0.490 e. The molecule has 0 unspecified atom stereocenters. The van der Waals surface area contributed by atoms with Gasteiger partial charge in [0.25, 0.3) is 11.8 Å². The lowest BCUT2D eigenvalue weighted by Gasteiger charge is -2.15. The fraction of sp³-hybridized carbons (Fsp3) is 0.158. The Labute approximate surface area is 160 Å². The van der Waals surface area contributed by atoms with Crippen LogP contribution < -0.4 is 15.2 Å². The molecule has 1 saturated heterocycles. The van der Waals surface area contributed by atoms with Crippen molar-refractivity contribution in [1.29, 1.82) is 0 Å². The number of amides is 2. The van der Waals surface area contributed by atoms with E-state index < -0.39 is 11.8 Å². The Hall–Kier alpha value is -2.50. The lowest BCUT2D eigenvalue weighted by molar-refractivity contribution is -0.117. The molecule has 4 rings (SSSR count). The Balaban J connectivity index is 1.65. The number of halogens is 2. The summed E-state index contributed by atoms with van der Waals surface area (Å²) in [5.74, 6) is -0.0910. The largest absolute Gasteiger partial charge is 0.490 e. The number of hydrogen-bond acceptors (Lipinski definition) is 3. The maximum atomic E-state index is 12.7. The molecule has 2 aromatic carbocycles. The van der Waals surface area contributed by atoms with E-state index in [4.69, 9.17) is 27.9 Å². The number of ether oxygens (including phenoxy) is 1. The zero-order valence-electron chi connectivity index (χ0n) is 13.8. The average molecular weight is 389 g/mol. The normalized spacial score (nSPS) is 20.3. The van der Waals surface area contributed by atoms with Crippen LogP contribution in [0.15, 0.2) is 42.0 Å². The molecule has 0 saturated carbocycles. The van der Waals surface area contributed by atoms with Gasteiger partial charge in [-0.1, -0.05) is 29.3 Å². The van der Waals surface area contributed by atoms with Crippen molar-refractivity contribution in [3.8, 4) is 5.75 Å². The highest BCUT2D eigenvalue weighted by Crippen LogP contribution is 2.31. The molecule has 1 N–H and O–H groups in total. The van der Waals surface area contributed by atoms with E-state index in [1.54, 1.807) is 24.3 Å². The first-order valence-electron chi connectivity index (χ1n) is 8.03. The number of carbonyl (C=O) groups excluding carboxylic acids is 2. The van der Waals surface area contributed by atoms with Crippen molar-refractivity contribution in [3.63, 3.8) is 0 Å². The van der Waals surface area contributed by atoms with Crippen LogP contribution in [0.1, 0.15) is 18.1 Å². The molecule has 0 spiro atoms. The van der Waals surface area contributed by atoms with Gasteiger partial charge in [-0.15, -0.1) is 0 Å². The number of nitrogens with zero attached hydrogens (tertiary/aromatic N) is 1. The van der Waals surface area contributed by atoms with E-state index in [1.807, 2.05) is 25.1 Å². The molecule has 2 aliphatic rings. The predicted octanol–water partition coefficient (Wildman–Crippen LogP) is 3.78. The van der Waals surface area contributed by atoms with Crippen molar-refractivity contribution >= 4 is 46.8 Å². The van der Waals surface area contributed by atoms with Crippen LogP contribution >= 0.6 is 23.2 Å². The van der Waals surface area contributed by atoms with Crippen molar-refractivity contribution in [2.24, 2.45) is 0 Å². The molecule has 1 fully saturated rings. The molecule has 0 radical (unpaired) electrons. The number of nitrogens with one attached hydrogen (secondary N) is 1. The molecule has 0 bridgehead atoms. The Kier molecular flexibility index (Phi) is 4.13. The van der Waals surface area contributed by atoms with Gasteiger partial charge in [0.05, 0.1) is 5.69 Å². The minimum absolute atomic E-state index is 0.0491. The van der Waals surface area contributed by atoms with Crippen LogP contribution in [0.5, 0.6) is 5.75 Å². The molecule has 2 aromatic rings. The van der Waals surface area contributed by atoms with E-state index in [9.17, 15) is 9.59 Å². The summed E-state index contributed by atoms with van der Waals surface area (Å²) in [7, 11) is 0. The van der Waals surface area contributed by atoms with Gasteiger partial charge in [0, 0.05) is 16.5 Å². The first kappa shape index (κ1) is 16.9. The zero-order valence-corrected chi connectivity index (χ0v) is 15.3. The van der Waals surface area contributed by atoms with Gasteiger partial charge in [-0.25, -0.2) is 5.01 Å². The average Bonchev–Trinajstić information content (AvgIpc) is 3.07. The van der Waals surface area contributed by atoms with Crippen LogP contribution in [0.2, 0.25) is 10.0 Å². The molecule has 0 aromatic heterocycles. The van der Waals surface area contributed by atoms with Gasteiger partial charge in [-0.2, -0.15) is 0 Å². The van der Waals surface area contributed by atoms with Gasteiger partial charge in [0.2, 0.25) is 0 Å². The molecule has 7 heteroatoms. The number of hydrazine groups is 1. The lowest BCUT2D eigenvalue weighted by Crippen LogP contribution is -2.35. The number of fused-ring (bicyclic) bond motifs is 1. The molecular weight excluding hydrogens is 375 g/mol. The summed E-state index contributed by atoms with van der Waals surface area (Å²) in [6.45, 7) is 2.00. The first-order chi connectivity index (χ1) is 12.4. The SMILES string of the molecule is C[C@@H]1Cc2cc(/C=C3/C(=O)NN(c4cc(Cl)cc(Cl)c4)C3=O)ccc2O1. The van der Waals surface area contributed by atoms with Gasteiger partial charge < -0.3 is 4.74 Å². The van der Waals surface area contributed by atoms with Crippen molar-refractivity contribution < 1.29 is 14.3 Å². The smallest absolute Gasteiger partial charge is 0.282 e. The number of benzene rings is 2. The third-order valence-corrected chi connectivity index (χ3v) is 4.66. The standard InChI is InChI=1S/C19H14Cl2N2O3/c1-10-4-12-5-11(2-3-17(12)26-10)6-16-18(24)22-23(19(16)25)15-8-13(20)7-14(21)9-15/h2-3,5-10H,4H2,1H3,(H,22,24)/b16-6-/t10-/m1/s1. The van der Waals surface area contributed by atoms with Crippen LogP contribution in [0, 0.1) is 0 Å². The summed E-state index contributed by atoms with van der Waals surface area (Å²) in [5, 5.41) is 1.89. The minimum atomic E-state index is -0.476. The summed E-state index contributed by atoms with van der Waals surface area (Å²) < 4.78 is 5.67. The summed E-state index contributed by atoms with van der Waals surface area (Å²) >= 11 is 12.0. The van der Waals surface area contributed by atoms with Crippen molar-refractivity contribution in [2.45, 2.75) is 19.4 Å². The molecule has 0 aliphatic carbocycles. The highest BCUT2D eigenvalue weighted by Gasteiger charge is 2.34. The highest BCUT2D eigenvalue weighted by atomic mass is 35.5. The van der Waals surface area contributed by atoms with E-state index in [-0.39, 0.29) is 11.7 Å². The quantitative estimate of drug-likeness (QED) is 0.628. The fourth-order valence-electron chi connectivity index (χ4n) is 3.11. The van der Waals surface area contributed by atoms with Gasteiger partial charge in [-0.05, 0) is 54.5 Å². The first-order valence-corrected chi connectivity index (χ1v) is 8.79. The van der Waals surface area contributed by atoms with E-state index >= 15 is 0 Å². The Morgan fingerprint density at radius 2 is 1.88 bits per heavy atom. The predicted molar refractivity (Wildman–Crippen MR) is 100 cm³/mol. The fourth-order valence-corrected chi connectivity index (χ4v) is 3.62. The van der Waals surface area contributed by atoms with E-state index in [0.717, 1.165) is 28.3 Å². The number of hydrogen-bond donors (Lipinski definition) is 1. The van der Waals surface area contributed by atoms with E-state index in [2.05, 4.69) is 5.43 Å².